The Morgan fingerprint density at radius 2 is 1.70 bits per heavy atom. The fourth-order valence-corrected chi connectivity index (χ4v) is 7.49. The van der Waals surface area contributed by atoms with Crippen molar-refractivity contribution in [1.82, 2.24) is 5.32 Å². The Bertz CT molecular complexity index is 813. The maximum atomic E-state index is 13.2. The van der Waals surface area contributed by atoms with Crippen molar-refractivity contribution in [2.45, 2.75) is 38.5 Å². The zero-order chi connectivity index (χ0) is 20.2. The summed E-state index contributed by atoms with van der Waals surface area (Å²) in [5.41, 5.74) is 0.858. The van der Waals surface area contributed by atoms with Gasteiger partial charge in [-0.05, 0) is 105 Å². The van der Waals surface area contributed by atoms with Gasteiger partial charge in [-0.2, -0.15) is 0 Å². The predicted octanol–water partition coefficient (Wildman–Crippen LogP) is 4.56. The quantitative estimate of drug-likeness (QED) is 0.557. The van der Waals surface area contributed by atoms with Gasteiger partial charge in [-0.1, -0.05) is 15.9 Å². The molecule has 30 heavy (non-hydrogen) atoms. The van der Waals surface area contributed by atoms with Crippen LogP contribution in [0.3, 0.4) is 0 Å². The summed E-state index contributed by atoms with van der Waals surface area (Å²) >= 11 is 3.41. The Balaban J connectivity index is 0.00000218. The summed E-state index contributed by atoms with van der Waals surface area (Å²) in [6.07, 6.45) is 6.82. The molecule has 164 valence electrons. The second-order valence-electron chi connectivity index (χ2n) is 9.62. The maximum absolute atomic E-state index is 13.2. The molecule has 0 radical (unpaired) electrons. The van der Waals surface area contributed by atoms with Crippen LogP contribution in [0.15, 0.2) is 28.7 Å². The van der Waals surface area contributed by atoms with Crippen molar-refractivity contribution in [3.05, 3.63) is 28.7 Å². The lowest BCUT2D eigenvalue weighted by atomic mass is 9.78. The molecule has 5 rings (SSSR count). The lowest BCUT2D eigenvalue weighted by Gasteiger charge is -2.27. The highest BCUT2D eigenvalue weighted by molar-refractivity contribution is 9.10. The second kappa shape index (κ2) is 8.44. The molecule has 6 atom stereocenters. The molecule has 1 saturated heterocycles. The van der Waals surface area contributed by atoms with Gasteiger partial charge >= 0.3 is 5.97 Å². The molecule has 1 aromatic carbocycles. The largest absolute Gasteiger partial charge is 0.481 e. The molecule has 3 aliphatic carbocycles. The molecular weight excluding hydrogens is 468 g/mol. The number of aliphatic carboxylic acids is 1. The van der Waals surface area contributed by atoms with Gasteiger partial charge in [-0.15, -0.1) is 12.4 Å². The number of anilines is 1. The minimum atomic E-state index is -0.778. The zero-order valence-electron chi connectivity index (χ0n) is 17.0. The first-order valence-electron chi connectivity index (χ1n) is 11.0. The number of amides is 1. The van der Waals surface area contributed by atoms with Gasteiger partial charge in [-0.3, -0.25) is 9.59 Å². The van der Waals surface area contributed by atoms with Gasteiger partial charge in [0.05, 0.1) is 11.8 Å². The van der Waals surface area contributed by atoms with Crippen molar-refractivity contribution >= 4 is 45.9 Å². The third-order valence-corrected chi connectivity index (χ3v) is 8.93. The lowest BCUT2D eigenvalue weighted by molar-refractivity contribution is -0.148. The first-order valence-corrected chi connectivity index (χ1v) is 11.8. The van der Waals surface area contributed by atoms with E-state index < -0.39 is 17.8 Å². The number of benzene rings is 1. The van der Waals surface area contributed by atoms with Gasteiger partial charge < -0.3 is 15.7 Å². The molecule has 4 aliphatic rings. The molecule has 5 nitrogen and oxygen atoms in total. The maximum Gasteiger partial charge on any atom is 0.307 e. The van der Waals surface area contributed by atoms with Gasteiger partial charge in [0.15, 0.2) is 0 Å². The lowest BCUT2D eigenvalue weighted by Crippen LogP contribution is -2.37. The number of hydrogen-bond acceptors (Lipinski definition) is 3. The molecule has 1 aromatic rings. The summed E-state index contributed by atoms with van der Waals surface area (Å²) in [7, 11) is 0. The van der Waals surface area contributed by atoms with Crippen LogP contribution in [0.2, 0.25) is 0 Å². The van der Waals surface area contributed by atoms with Crippen LogP contribution in [0.4, 0.5) is 5.69 Å². The number of halogens is 2. The number of carbonyl (C=O) groups is 2. The number of hydrogen-bond donors (Lipinski definition) is 3. The Morgan fingerprint density at radius 1 is 1.07 bits per heavy atom. The second-order valence-corrected chi connectivity index (χ2v) is 10.5. The summed E-state index contributed by atoms with van der Waals surface area (Å²) in [6.45, 7) is 2.21. The molecule has 3 saturated carbocycles. The average molecular weight is 498 g/mol. The zero-order valence-corrected chi connectivity index (χ0v) is 19.4. The van der Waals surface area contributed by atoms with Crippen LogP contribution >= 0.6 is 28.3 Å². The molecule has 3 N–H and O–H groups in total. The van der Waals surface area contributed by atoms with E-state index in [1.165, 1.54) is 19.3 Å². The van der Waals surface area contributed by atoms with Gasteiger partial charge in [0.2, 0.25) is 5.91 Å². The van der Waals surface area contributed by atoms with Crippen LogP contribution in [0.1, 0.15) is 38.5 Å². The van der Waals surface area contributed by atoms with Gasteiger partial charge in [-0.25, -0.2) is 0 Å². The van der Waals surface area contributed by atoms with E-state index in [0.717, 1.165) is 48.4 Å². The summed E-state index contributed by atoms with van der Waals surface area (Å²) in [5, 5.41) is 16.5. The van der Waals surface area contributed by atoms with E-state index >= 15 is 0 Å². The molecule has 1 amide bonds. The Labute approximate surface area is 192 Å². The molecule has 2 unspecified atom stereocenters. The van der Waals surface area contributed by atoms with E-state index in [1.54, 1.807) is 0 Å². The highest BCUT2D eigenvalue weighted by Gasteiger charge is 2.75. The molecule has 2 bridgehead atoms. The predicted molar refractivity (Wildman–Crippen MR) is 122 cm³/mol. The van der Waals surface area contributed by atoms with E-state index in [9.17, 15) is 14.7 Å². The van der Waals surface area contributed by atoms with E-state index in [0.29, 0.717) is 5.92 Å². The molecule has 1 aliphatic heterocycles. The van der Waals surface area contributed by atoms with Crippen LogP contribution in [0.5, 0.6) is 0 Å². The van der Waals surface area contributed by atoms with E-state index in [1.807, 2.05) is 24.3 Å². The topological polar surface area (TPSA) is 78.4 Å². The van der Waals surface area contributed by atoms with Crippen molar-refractivity contribution < 1.29 is 14.7 Å². The van der Waals surface area contributed by atoms with Gasteiger partial charge in [0, 0.05) is 10.2 Å². The minimum absolute atomic E-state index is 0. The highest BCUT2D eigenvalue weighted by atomic mass is 79.9. The minimum Gasteiger partial charge on any atom is -0.481 e. The van der Waals surface area contributed by atoms with Crippen LogP contribution in [-0.4, -0.2) is 30.1 Å². The third-order valence-electron chi connectivity index (χ3n) is 8.40. The van der Waals surface area contributed by atoms with Gasteiger partial charge in [0.25, 0.3) is 0 Å². The standard InChI is InChI=1S/C23H29BrN2O3.ClH/c24-15-1-3-16(4-2-15)26-21(27)19-17-5-6-18(20(19)22(28)29)23(17)12-14(23)11-13-7-9-25-10-8-13;/h1-4,13-14,17-20,25H,5-12H2,(H,26,27)(H,28,29);1H/t14?,17-,18+,19+,20+,23?;/m0./s1. The Morgan fingerprint density at radius 3 is 2.33 bits per heavy atom. The van der Waals surface area contributed by atoms with Gasteiger partial charge in [0.1, 0.15) is 0 Å². The van der Waals surface area contributed by atoms with Crippen LogP contribution in [0.25, 0.3) is 0 Å². The first-order chi connectivity index (χ1) is 14.0. The fourth-order valence-electron chi connectivity index (χ4n) is 7.23. The molecular formula is C23H30BrClN2O3. The number of rotatable bonds is 5. The van der Waals surface area contributed by atoms with Crippen molar-refractivity contribution in [3.8, 4) is 0 Å². The van der Waals surface area contributed by atoms with Crippen molar-refractivity contribution in [3.63, 3.8) is 0 Å². The first kappa shape index (κ1) is 22.1. The Kier molecular flexibility index (Phi) is 6.21. The molecule has 0 aromatic heterocycles. The number of nitrogens with one attached hydrogen (secondary N) is 2. The number of carboxylic acids is 1. The smallest absolute Gasteiger partial charge is 0.307 e. The van der Waals surface area contributed by atoms with E-state index in [-0.39, 0.29) is 35.6 Å². The van der Waals surface area contributed by atoms with Crippen LogP contribution in [-0.2, 0) is 9.59 Å². The molecule has 7 heteroatoms. The summed E-state index contributed by atoms with van der Waals surface area (Å²) in [4.78, 5) is 25.4. The summed E-state index contributed by atoms with van der Waals surface area (Å²) in [6, 6.07) is 7.50. The number of carboxylic acid groups (broad SMARTS) is 1. The van der Waals surface area contributed by atoms with Crippen molar-refractivity contribution in [2.24, 2.45) is 40.9 Å². The number of carbonyl (C=O) groups excluding carboxylic acids is 1. The fraction of sp³-hybridized carbons (Fsp3) is 0.652. The average Bonchev–Trinajstić information content (AvgIpc) is 3.21. The van der Waals surface area contributed by atoms with Crippen LogP contribution in [0, 0.1) is 40.9 Å². The monoisotopic (exact) mass is 496 g/mol. The molecule has 1 heterocycles. The normalized spacial score (nSPS) is 37.0. The van der Waals surface area contributed by atoms with Crippen LogP contribution < -0.4 is 10.6 Å². The summed E-state index contributed by atoms with van der Waals surface area (Å²) in [5.74, 6) is -0.00322. The molecule has 4 fully saturated rings. The number of piperidine rings is 1. The van der Waals surface area contributed by atoms with Crippen molar-refractivity contribution in [2.75, 3.05) is 18.4 Å². The highest BCUT2D eigenvalue weighted by Crippen LogP contribution is 2.78. The Hall–Kier alpha value is -1.11. The van der Waals surface area contributed by atoms with E-state index in [2.05, 4.69) is 26.6 Å². The van der Waals surface area contributed by atoms with E-state index in [4.69, 9.17) is 0 Å². The SMILES string of the molecule is Cl.O=C(O)[C@H]1[C@H](C(=O)Nc2ccc(Br)cc2)[C@@H]2CC[C@H]1C21CC1CC1CCNCC1. The van der Waals surface area contributed by atoms with Crippen molar-refractivity contribution in [1.29, 1.82) is 0 Å². The third kappa shape index (κ3) is 3.59. The summed E-state index contributed by atoms with van der Waals surface area (Å²) < 4.78 is 0.955. The molecule has 1 spiro atoms.